The van der Waals surface area contributed by atoms with Crippen LogP contribution in [0.2, 0.25) is 0 Å². The molecule has 1 aliphatic heterocycles. The zero-order valence-corrected chi connectivity index (χ0v) is 14.9. The van der Waals surface area contributed by atoms with Crippen LogP contribution >= 0.6 is 15.9 Å². The van der Waals surface area contributed by atoms with E-state index in [1.807, 2.05) is 0 Å². The molecule has 6 nitrogen and oxygen atoms in total. The molecule has 0 bridgehead atoms. The molecule has 0 unspecified atom stereocenters. The lowest BCUT2D eigenvalue weighted by molar-refractivity contribution is -0.00991. The van der Waals surface area contributed by atoms with E-state index in [0.29, 0.717) is 10.2 Å². The molecule has 1 aromatic carbocycles. The number of ether oxygens (including phenoxy) is 2. The van der Waals surface area contributed by atoms with Gasteiger partial charge in [-0.15, -0.1) is 0 Å². The minimum absolute atomic E-state index is 0.0929. The fourth-order valence-corrected chi connectivity index (χ4v) is 2.21. The fourth-order valence-electron chi connectivity index (χ4n) is 1.96. The molecular formula is C15H18BrFN2O4. The molecule has 2 rings (SSSR count). The maximum absolute atomic E-state index is 13.6. The highest BCUT2D eigenvalue weighted by atomic mass is 79.9. The Kier molecular flexibility index (Phi) is 4.84. The molecule has 2 amide bonds. The van der Waals surface area contributed by atoms with Gasteiger partial charge in [0, 0.05) is 7.05 Å². The lowest BCUT2D eigenvalue weighted by Gasteiger charge is -2.27. The minimum atomic E-state index is -0.802. The predicted molar refractivity (Wildman–Crippen MR) is 85.7 cm³/mol. The molecular weight excluding hydrogens is 371 g/mol. The Labute approximate surface area is 142 Å². The van der Waals surface area contributed by atoms with Crippen molar-refractivity contribution in [2.45, 2.75) is 32.6 Å². The van der Waals surface area contributed by atoms with Crippen LogP contribution in [0.5, 0.6) is 0 Å². The van der Waals surface area contributed by atoms with Crippen LogP contribution in [0.3, 0.4) is 0 Å². The third kappa shape index (κ3) is 4.13. The van der Waals surface area contributed by atoms with Crippen LogP contribution in [0.4, 0.5) is 19.7 Å². The quantitative estimate of drug-likeness (QED) is 0.774. The number of carbonyl (C=O) groups is 2. The number of anilines is 1. The third-order valence-electron chi connectivity index (χ3n) is 3.12. The van der Waals surface area contributed by atoms with Gasteiger partial charge < -0.3 is 9.47 Å². The van der Waals surface area contributed by atoms with E-state index in [0.717, 1.165) is 0 Å². The van der Waals surface area contributed by atoms with Crippen molar-refractivity contribution >= 4 is 33.8 Å². The summed E-state index contributed by atoms with van der Waals surface area (Å²) in [7, 11) is 1.48. The van der Waals surface area contributed by atoms with Gasteiger partial charge in [-0.2, -0.15) is 0 Å². The Hall–Kier alpha value is -1.83. The molecule has 1 aromatic rings. The van der Waals surface area contributed by atoms with Crippen LogP contribution in [0.1, 0.15) is 20.8 Å². The molecule has 0 saturated carbocycles. The number of nitrogens with zero attached hydrogens (tertiary/aromatic N) is 2. The lowest BCUT2D eigenvalue weighted by atomic mass is 10.2. The zero-order valence-electron chi connectivity index (χ0n) is 13.3. The first-order valence-corrected chi connectivity index (χ1v) is 7.77. The average molecular weight is 389 g/mol. The number of hydrogen-bond donors (Lipinski definition) is 0. The predicted octanol–water partition coefficient (Wildman–Crippen LogP) is 3.74. The van der Waals surface area contributed by atoms with Gasteiger partial charge in [0.05, 0.1) is 16.7 Å². The monoisotopic (exact) mass is 388 g/mol. The summed E-state index contributed by atoms with van der Waals surface area (Å²) < 4.78 is 24.3. The van der Waals surface area contributed by atoms with Crippen LogP contribution in [0.15, 0.2) is 22.7 Å². The number of benzene rings is 1. The summed E-state index contributed by atoms with van der Waals surface area (Å²) in [5, 5.41) is 0. The number of halogens is 2. The van der Waals surface area contributed by atoms with Gasteiger partial charge in [-0.05, 0) is 54.9 Å². The summed E-state index contributed by atoms with van der Waals surface area (Å²) in [4.78, 5) is 26.5. The Morgan fingerprint density at radius 2 is 2.13 bits per heavy atom. The maximum atomic E-state index is 13.6. The molecule has 0 radical (unpaired) electrons. The Bertz CT molecular complexity index is 632. The number of rotatable bonds is 2. The second kappa shape index (κ2) is 6.35. The second-order valence-corrected chi connectivity index (χ2v) is 6.99. The van der Waals surface area contributed by atoms with Gasteiger partial charge in [0.15, 0.2) is 6.23 Å². The van der Waals surface area contributed by atoms with Gasteiger partial charge in [-0.1, -0.05) is 0 Å². The first-order chi connectivity index (χ1) is 10.6. The topological polar surface area (TPSA) is 59.1 Å². The van der Waals surface area contributed by atoms with Crippen LogP contribution in [-0.4, -0.2) is 42.5 Å². The minimum Gasteiger partial charge on any atom is -0.444 e. The standard InChI is InChI=1S/C15H18BrFN2O4/c1-15(2,3)23-13(20)18(4)12-8-19(14(21)22-12)9-5-6-10(16)11(17)7-9/h5-7,12H,8H2,1-4H3/t12-/m0/s1. The summed E-state index contributed by atoms with van der Waals surface area (Å²) in [6, 6.07) is 4.31. The fraction of sp³-hybridized carbons (Fsp3) is 0.467. The number of likely N-dealkylation sites (N-methyl/N-ethyl adjacent to an activating group) is 1. The first-order valence-electron chi connectivity index (χ1n) is 6.97. The molecule has 1 aliphatic rings. The average Bonchev–Trinajstić information content (AvgIpc) is 2.81. The molecule has 0 aromatic heterocycles. The molecule has 126 valence electrons. The Morgan fingerprint density at radius 3 is 2.70 bits per heavy atom. The van der Waals surface area contributed by atoms with Crippen molar-refractivity contribution in [1.82, 2.24) is 4.90 Å². The number of cyclic esters (lactones) is 1. The summed E-state index contributed by atoms with van der Waals surface area (Å²) in [5.41, 5.74) is -0.293. The SMILES string of the molecule is CN(C(=O)OC(C)(C)C)[C@@H]1CN(c2ccc(Br)c(F)c2)C(=O)O1. The number of hydrogen-bond acceptors (Lipinski definition) is 4. The highest BCUT2D eigenvalue weighted by molar-refractivity contribution is 9.10. The van der Waals surface area contributed by atoms with Crippen molar-refractivity contribution in [3.05, 3.63) is 28.5 Å². The molecule has 0 N–H and O–H groups in total. The van der Waals surface area contributed by atoms with Crippen LogP contribution < -0.4 is 4.90 Å². The number of carbonyl (C=O) groups excluding carboxylic acids is 2. The van der Waals surface area contributed by atoms with Gasteiger partial charge in [0.25, 0.3) is 0 Å². The van der Waals surface area contributed by atoms with E-state index in [2.05, 4.69) is 15.9 Å². The zero-order chi connectivity index (χ0) is 17.4. The van der Waals surface area contributed by atoms with Gasteiger partial charge in [-0.3, -0.25) is 9.80 Å². The van der Waals surface area contributed by atoms with E-state index < -0.39 is 29.8 Å². The van der Waals surface area contributed by atoms with E-state index >= 15 is 0 Å². The molecule has 1 atom stereocenters. The van der Waals surface area contributed by atoms with Crippen molar-refractivity contribution in [1.29, 1.82) is 0 Å². The molecule has 0 aliphatic carbocycles. The Balaban J connectivity index is 2.10. The molecule has 1 saturated heterocycles. The first kappa shape index (κ1) is 17.5. The number of amides is 2. The van der Waals surface area contributed by atoms with Crippen LogP contribution in [-0.2, 0) is 9.47 Å². The normalized spacial score (nSPS) is 17.9. The van der Waals surface area contributed by atoms with Gasteiger partial charge in [0.2, 0.25) is 0 Å². The Morgan fingerprint density at radius 1 is 1.48 bits per heavy atom. The van der Waals surface area contributed by atoms with Crippen LogP contribution in [0, 0.1) is 5.82 Å². The highest BCUT2D eigenvalue weighted by Crippen LogP contribution is 2.27. The summed E-state index contributed by atoms with van der Waals surface area (Å²) >= 11 is 3.06. The molecule has 8 heteroatoms. The van der Waals surface area contributed by atoms with E-state index in [1.165, 1.54) is 29.0 Å². The summed E-state index contributed by atoms with van der Waals surface area (Å²) in [6.07, 6.45) is -2.05. The highest BCUT2D eigenvalue weighted by Gasteiger charge is 2.38. The van der Waals surface area contributed by atoms with E-state index in [1.54, 1.807) is 26.8 Å². The third-order valence-corrected chi connectivity index (χ3v) is 3.77. The summed E-state index contributed by atoms with van der Waals surface area (Å²) in [5.74, 6) is -0.487. The van der Waals surface area contributed by atoms with Gasteiger partial charge >= 0.3 is 12.2 Å². The van der Waals surface area contributed by atoms with Crippen molar-refractivity contribution in [3.63, 3.8) is 0 Å². The van der Waals surface area contributed by atoms with Crippen LogP contribution in [0.25, 0.3) is 0 Å². The van der Waals surface area contributed by atoms with E-state index in [-0.39, 0.29) is 6.54 Å². The van der Waals surface area contributed by atoms with E-state index in [9.17, 15) is 14.0 Å². The van der Waals surface area contributed by atoms with Crippen molar-refractivity contribution < 1.29 is 23.5 Å². The molecule has 1 fully saturated rings. The van der Waals surface area contributed by atoms with E-state index in [4.69, 9.17) is 9.47 Å². The van der Waals surface area contributed by atoms with Crippen molar-refractivity contribution in [2.24, 2.45) is 0 Å². The van der Waals surface area contributed by atoms with Gasteiger partial charge in [0.1, 0.15) is 11.4 Å². The van der Waals surface area contributed by atoms with Gasteiger partial charge in [-0.25, -0.2) is 14.0 Å². The van der Waals surface area contributed by atoms with Crippen molar-refractivity contribution in [3.8, 4) is 0 Å². The summed E-state index contributed by atoms with van der Waals surface area (Å²) in [6.45, 7) is 5.33. The molecule has 1 heterocycles. The van der Waals surface area contributed by atoms with Crippen molar-refractivity contribution in [2.75, 3.05) is 18.5 Å². The molecule has 23 heavy (non-hydrogen) atoms. The maximum Gasteiger partial charge on any atom is 0.416 e. The molecule has 0 spiro atoms. The largest absolute Gasteiger partial charge is 0.444 e. The second-order valence-electron chi connectivity index (χ2n) is 6.14. The lowest BCUT2D eigenvalue weighted by Crippen LogP contribution is -2.42. The smallest absolute Gasteiger partial charge is 0.416 e.